The molecule has 0 saturated carbocycles. The van der Waals surface area contributed by atoms with E-state index >= 15 is 0 Å². The smallest absolute Gasteiger partial charge is 0.248 e. The molecule has 3 rings (SSSR count). The van der Waals surface area contributed by atoms with Crippen molar-refractivity contribution in [3.8, 4) is 0 Å². The monoisotopic (exact) mass is 422 g/mol. The van der Waals surface area contributed by atoms with Crippen LogP contribution in [0.3, 0.4) is 0 Å². The summed E-state index contributed by atoms with van der Waals surface area (Å²) in [4.78, 5) is 16.4. The molecule has 2 aromatic heterocycles. The van der Waals surface area contributed by atoms with E-state index in [1.165, 1.54) is 0 Å². The van der Waals surface area contributed by atoms with Gasteiger partial charge in [-0.05, 0) is 33.6 Å². The number of hydrogen-bond donors (Lipinski definition) is 1. The molecule has 0 aliphatic heterocycles. The Bertz CT molecular complexity index is 877. The SMILES string of the molecule is CC(Cn1cc(Br)cn1)C(=O)Nc1ncn(Cc2cccc(Cl)c2)n1. The number of benzene rings is 1. The molecule has 25 heavy (non-hydrogen) atoms. The van der Waals surface area contributed by atoms with Crippen molar-refractivity contribution in [2.24, 2.45) is 5.92 Å². The molecule has 1 amide bonds. The van der Waals surface area contributed by atoms with Gasteiger partial charge in [0, 0.05) is 11.2 Å². The van der Waals surface area contributed by atoms with Gasteiger partial charge in [-0.15, -0.1) is 5.10 Å². The van der Waals surface area contributed by atoms with Gasteiger partial charge < -0.3 is 0 Å². The first-order valence-electron chi connectivity index (χ1n) is 7.62. The summed E-state index contributed by atoms with van der Waals surface area (Å²) >= 11 is 9.31. The highest BCUT2D eigenvalue weighted by molar-refractivity contribution is 9.10. The molecular weight excluding hydrogens is 408 g/mol. The van der Waals surface area contributed by atoms with Gasteiger partial charge in [0.05, 0.1) is 29.7 Å². The third-order valence-electron chi connectivity index (χ3n) is 3.52. The third-order valence-corrected chi connectivity index (χ3v) is 4.16. The average molecular weight is 424 g/mol. The van der Waals surface area contributed by atoms with Crippen molar-refractivity contribution in [3.05, 3.63) is 58.0 Å². The Labute approximate surface area is 158 Å². The number of hydrogen-bond acceptors (Lipinski definition) is 4. The van der Waals surface area contributed by atoms with Crippen LogP contribution in [0.5, 0.6) is 0 Å². The predicted octanol–water partition coefficient (Wildman–Crippen LogP) is 3.21. The maximum absolute atomic E-state index is 12.3. The van der Waals surface area contributed by atoms with Gasteiger partial charge in [0.15, 0.2) is 0 Å². The Hall–Kier alpha value is -2.19. The molecule has 2 heterocycles. The first kappa shape index (κ1) is 17.6. The number of carbonyl (C=O) groups is 1. The van der Waals surface area contributed by atoms with Crippen molar-refractivity contribution in [2.45, 2.75) is 20.0 Å². The second-order valence-corrected chi connectivity index (χ2v) is 7.02. The average Bonchev–Trinajstić information content (AvgIpc) is 3.16. The van der Waals surface area contributed by atoms with Crippen LogP contribution < -0.4 is 5.32 Å². The van der Waals surface area contributed by atoms with Crippen molar-refractivity contribution in [1.29, 1.82) is 0 Å². The van der Waals surface area contributed by atoms with Crippen molar-refractivity contribution in [1.82, 2.24) is 24.5 Å². The zero-order chi connectivity index (χ0) is 17.8. The molecule has 0 aliphatic rings. The maximum Gasteiger partial charge on any atom is 0.248 e. The van der Waals surface area contributed by atoms with Crippen LogP contribution in [0.4, 0.5) is 5.95 Å². The second kappa shape index (κ2) is 7.79. The minimum Gasteiger partial charge on any atom is -0.293 e. The minimum atomic E-state index is -0.272. The lowest BCUT2D eigenvalue weighted by Crippen LogP contribution is -2.25. The summed E-state index contributed by atoms with van der Waals surface area (Å²) in [5.41, 5.74) is 1.01. The van der Waals surface area contributed by atoms with E-state index in [1.54, 1.807) is 21.9 Å². The molecule has 0 spiro atoms. The molecule has 9 heteroatoms. The number of amides is 1. The fourth-order valence-electron chi connectivity index (χ4n) is 2.29. The number of aromatic nitrogens is 5. The largest absolute Gasteiger partial charge is 0.293 e. The molecule has 1 aromatic carbocycles. The highest BCUT2D eigenvalue weighted by atomic mass is 79.9. The molecular formula is C16H16BrClN6O. The summed E-state index contributed by atoms with van der Waals surface area (Å²) in [5, 5.41) is 11.8. The molecule has 1 unspecified atom stereocenters. The molecule has 0 bridgehead atoms. The molecule has 3 aromatic rings. The lowest BCUT2D eigenvalue weighted by Gasteiger charge is -2.10. The number of carbonyl (C=O) groups excluding carboxylic acids is 1. The highest BCUT2D eigenvalue weighted by Gasteiger charge is 2.16. The van der Waals surface area contributed by atoms with Crippen molar-refractivity contribution in [3.63, 3.8) is 0 Å². The summed E-state index contributed by atoms with van der Waals surface area (Å²) in [7, 11) is 0. The number of nitrogens with zero attached hydrogens (tertiary/aromatic N) is 5. The summed E-state index contributed by atoms with van der Waals surface area (Å²) in [6, 6.07) is 7.52. The summed E-state index contributed by atoms with van der Waals surface area (Å²) in [5.74, 6) is -0.153. The molecule has 0 fully saturated rings. The van der Waals surface area contributed by atoms with Gasteiger partial charge >= 0.3 is 0 Å². The zero-order valence-electron chi connectivity index (χ0n) is 13.4. The summed E-state index contributed by atoms with van der Waals surface area (Å²) in [6.07, 6.45) is 5.08. The zero-order valence-corrected chi connectivity index (χ0v) is 15.8. The van der Waals surface area contributed by atoms with E-state index in [0.29, 0.717) is 18.1 Å². The van der Waals surface area contributed by atoms with Crippen LogP contribution in [0.25, 0.3) is 0 Å². The number of anilines is 1. The van der Waals surface area contributed by atoms with Gasteiger partial charge in [-0.3, -0.25) is 14.8 Å². The number of nitrogens with one attached hydrogen (secondary N) is 1. The van der Waals surface area contributed by atoms with Gasteiger partial charge in [0.25, 0.3) is 0 Å². The van der Waals surface area contributed by atoms with E-state index in [-0.39, 0.29) is 17.8 Å². The third kappa shape index (κ3) is 4.90. The Morgan fingerprint density at radius 3 is 2.96 bits per heavy atom. The fourth-order valence-corrected chi connectivity index (χ4v) is 2.83. The quantitative estimate of drug-likeness (QED) is 0.660. The molecule has 0 radical (unpaired) electrons. The van der Waals surface area contributed by atoms with Crippen LogP contribution in [0.2, 0.25) is 5.02 Å². The van der Waals surface area contributed by atoms with Gasteiger partial charge in [0.2, 0.25) is 11.9 Å². The molecule has 1 atom stereocenters. The van der Waals surface area contributed by atoms with Crippen LogP contribution in [0, 0.1) is 5.92 Å². The summed E-state index contributed by atoms with van der Waals surface area (Å²) < 4.78 is 4.23. The Morgan fingerprint density at radius 1 is 1.40 bits per heavy atom. The lowest BCUT2D eigenvalue weighted by atomic mass is 10.1. The van der Waals surface area contributed by atoms with E-state index in [2.05, 4.69) is 36.4 Å². The second-order valence-electron chi connectivity index (χ2n) is 5.67. The van der Waals surface area contributed by atoms with E-state index < -0.39 is 0 Å². The van der Waals surface area contributed by atoms with Gasteiger partial charge in [-0.25, -0.2) is 9.67 Å². The maximum atomic E-state index is 12.3. The molecule has 7 nitrogen and oxygen atoms in total. The van der Waals surface area contributed by atoms with Gasteiger partial charge in [-0.1, -0.05) is 30.7 Å². The normalized spacial score (nSPS) is 12.1. The van der Waals surface area contributed by atoms with E-state index in [1.807, 2.05) is 37.4 Å². The van der Waals surface area contributed by atoms with Crippen molar-refractivity contribution < 1.29 is 4.79 Å². The van der Waals surface area contributed by atoms with Gasteiger partial charge in [-0.2, -0.15) is 5.10 Å². The Balaban J connectivity index is 1.57. The van der Waals surface area contributed by atoms with Crippen LogP contribution >= 0.6 is 27.5 Å². The first-order chi connectivity index (χ1) is 12.0. The van der Waals surface area contributed by atoms with Crippen LogP contribution in [0.1, 0.15) is 12.5 Å². The standard InChI is InChI=1S/C16H16BrClN6O/c1-11(7-23-9-13(17)6-20-23)15(25)21-16-19-10-24(22-16)8-12-3-2-4-14(18)5-12/h2-6,9-11H,7-8H2,1H3,(H,21,22,25). The molecule has 130 valence electrons. The molecule has 0 saturated heterocycles. The molecule has 0 aliphatic carbocycles. The predicted molar refractivity (Wildman–Crippen MR) is 98.3 cm³/mol. The van der Waals surface area contributed by atoms with Crippen LogP contribution in [-0.4, -0.2) is 30.5 Å². The fraction of sp³-hybridized carbons (Fsp3) is 0.250. The van der Waals surface area contributed by atoms with Crippen LogP contribution in [-0.2, 0) is 17.9 Å². The minimum absolute atomic E-state index is 0.160. The van der Waals surface area contributed by atoms with E-state index in [0.717, 1.165) is 10.0 Å². The van der Waals surface area contributed by atoms with E-state index in [9.17, 15) is 4.79 Å². The Morgan fingerprint density at radius 2 is 2.24 bits per heavy atom. The van der Waals surface area contributed by atoms with Crippen molar-refractivity contribution in [2.75, 3.05) is 5.32 Å². The topological polar surface area (TPSA) is 77.6 Å². The lowest BCUT2D eigenvalue weighted by molar-refractivity contribution is -0.119. The summed E-state index contributed by atoms with van der Waals surface area (Å²) in [6.45, 7) is 2.83. The van der Waals surface area contributed by atoms with Gasteiger partial charge in [0.1, 0.15) is 6.33 Å². The van der Waals surface area contributed by atoms with Crippen LogP contribution in [0.15, 0.2) is 47.5 Å². The highest BCUT2D eigenvalue weighted by Crippen LogP contribution is 2.12. The van der Waals surface area contributed by atoms with Crippen molar-refractivity contribution >= 4 is 39.4 Å². The molecule has 1 N–H and O–H groups in total. The first-order valence-corrected chi connectivity index (χ1v) is 8.79. The Kier molecular flexibility index (Phi) is 5.50. The number of halogens is 2. The number of rotatable bonds is 6. The van der Waals surface area contributed by atoms with E-state index in [4.69, 9.17) is 11.6 Å².